The van der Waals surface area contributed by atoms with E-state index in [1.807, 2.05) is 0 Å². The number of aliphatic carboxylic acids is 1. The second kappa shape index (κ2) is 14.6. The maximum Gasteiger partial charge on any atom is 0.331 e. The van der Waals surface area contributed by atoms with Crippen molar-refractivity contribution in [2.24, 2.45) is 0 Å². The van der Waals surface area contributed by atoms with E-state index in [-0.39, 0.29) is 38.2 Å². The summed E-state index contributed by atoms with van der Waals surface area (Å²) in [6.45, 7) is 3.57. The van der Waals surface area contributed by atoms with Gasteiger partial charge in [-0.1, -0.05) is 61.5 Å². The first-order chi connectivity index (χ1) is 18.6. The lowest BCUT2D eigenvalue weighted by Crippen LogP contribution is -2.12. The summed E-state index contributed by atoms with van der Waals surface area (Å²) in [6, 6.07) is 8.04. The van der Waals surface area contributed by atoms with Gasteiger partial charge in [0.25, 0.3) is 5.91 Å². The summed E-state index contributed by atoms with van der Waals surface area (Å²) >= 11 is 13.7. The highest BCUT2D eigenvalue weighted by Crippen LogP contribution is 2.32. The largest absolute Gasteiger partial charge is 0.478 e. The molecule has 0 bridgehead atoms. The second-order valence-electron chi connectivity index (χ2n) is 9.15. The minimum absolute atomic E-state index is 0.0492. The van der Waals surface area contributed by atoms with Gasteiger partial charge in [0.2, 0.25) is 0 Å². The Labute approximate surface area is 241 Å². The van der Waals surface area contributed by atoms with Crippen molar-refractivity contribution < 1.29 is 23.8 Å². The van der Waals surface area contributed by atoms with Gasteiger partial charge in [0.15, 0.2) is 5.13 Å². The van der Waals surface area contributed by atoms with Crippen molar-refractivity contribution >= 4 is 57.6 Å². The lowest BCUT2D eigenvalue weighted by molar-refractivity contribution is -0.132. The molecular weight excluding hydrogens is 562 g/mol. The van der Waals surface area contributed by atoms with E-state index in [2.05, 4.69) is 17.2 Å². The van der Waals surface area contributed by atoms with Gasteiger partial charge in [-0.25, -0.2) is 14.2 Å². The third-order valence-corrected chi connectivity index (χ3v) is 7.70. The summed E-state index contributed by atoms with van der Waals surface area (Å²) in [6.07, 6.45) is 7.06. The van der Waals surface area contributed by atoms with E-state index in [1.54, 1.807) is 30.7 Å². The zero-order valence-electron chi connectivity index (χ0n) is 22.0. The third kappa shape index (κ3) is 8.35. The molecule has 0 radical (unpaired) electrons. The number of methoxy groups -OCH3 is 1. The minimum Gasteiger partial charge on any atom is -0.478 e. The number of carboxylic acids is 1. The van der Waals surface area contributed by atoms with Crippen molar-refractivity contribution in [1.29, 1.82) is 0 Å². The molecule has 6 nitrogen and oxygen atoms in total. The number of carbonyl (C=O) groups excluding carboxylic acids is 1. The molecule has 0 saturated carbocycles. The van der Waals surface area contributed by atoms with Gasteiger partial charge in [0.05, 0.1) is 21.8 Å². The fourth-order valence-corrected chi connectivity index (χ4v) is 5.35. The zero-order valence-corrected chi connectivity index (χ0v) is 24.4. The molecule has 1 unspecified atom stereocenters. The van der Waals surface area contributed by atoms with Crippen LogP contribution < -0.4 is 5.32 Å². The molecule has 208 valence electrons. The molecule has 39 heavy (non-hydrogen) atoms. The lowest BCUT2D eigenvalue weighted by atomic mass is 9.99. The van der Waals surface area contributed by atoms with Crippen LogP contribution in [0.3, 0.4) is 0 Å². The first kappa shape index (κ1) is 30.8. The Morgan fingerprint density at radius 1 is 1.21 bits per heavy atom. The number of amides is 1. The molecule has 3 rings (SSSR count). The summed E-state index contributed by atoms with van der Waals surface area (Å²) < 4.78 is 21.0. The Morgan fingerprint density at radius 2 is 1.92 bits per heavy atom. The normalized spacial score (nSPS) is 12.4. The van der Waals surface area contributed by atoms with Crippen molar-refractivity contribution in [3.63, 3.8) is 0 Å². The number of nitrogens with one attached hydrogen (secondary N) is 1. The lowest BCUT2D eigenvalue weighted by Gasteiger charge is -2.15. The highest BCUT2D eigenvalue weighted by molar-refractivity contribution is 7.14. The molecule has 10 heteroatoms. The number of benzene rings is 2. The van der Waals surface area contributed by atoms with Gasteiger partial charge in [-0.15, -0.1) is 11.3 Å². The molecule has 1 amide bonds. The number of rotatable bonds is 13. The zero-order chi connectivity index (χ0) is 28.5. The summed E-state index contributed by atoms with van der Waals surface area (Å²) in [7, 11) is 1.70. The Bertz CT molecular complexity index is 1340. The first-order valence-electron chi connectivity index (χ1n) is 12.6. The molecule has 0 aliphatic heterocycles. The second-order valence-corrected chi connectivity index (χ2v) is 10.8. The SMILES string of the molecule is CCCCCC(CCc1cccc(-c2csc(NC(=O)c3cc(Cl)c(C=C(C)C(=O)O)c(Cl)c3)n2)c1F)OC. The van der Waals surface area contributed by atoms with Gasteiger partial charge in [-0.3, -0.25) is 10.1 Å². The molecule has 2 N–H and O–H groups in total. The Balaban J connectivity index is 1.72. The summed E-state index contributed by atoms with van der Waals surface area (Å²) in [5.74, 6) is -1.94. The van der Waals surface area contributed by atoms with E-state index in [1.165, 1.54) is 36.5 Å². The van der Waals surface area contributed by atoms with Crippen molar-refractivity contribution in [3.8, 4) is 11.3 Å². The van der Waals surface area contributed by atoms with Crippen molar-refractivity contribution in [3.05, 3.63) is 73.8 Å². The van der Waals surface area contributed by atoms with Crippen LogP contribution in [0.1, 0.15) is 67.4 Å². The van der Waals surface area contributed by atoms with Gasteiger partial charge < -0.3 is 9.84 Å². The minimum atomic E-state index is -1.10. The number of hydrogen-bond acceptors (Lipinski definition) is 5. The average Bonchev–Trinajstić information content (AvgIpc) is 3.36. The smallest absolute Gasteiger partial charge is 0.331 e. The summed E-state index contributed by atoms with van der Waals surface area (Å²) in [5.41, 5.74) is 1.90. The van der Waals surface area contributed by atoms with Gasteiger partial charge in [-0.2, -0.15) is 0 Å². The van der Waals surface area contributed by atoms with Crippen LogP contribution in [0.25, 0.3) is 17.3 Å². The van der Waals surface area contributed by atoms with E-state index >= 15 is 4.39 Å². The Morgan fingerprint density at radius 3 is 2.56 bits per heavy atom. The third-order valence-electron chi connectivity index (χ3n) is 6.32. The molecule has 0 aliphatic carbocycles. The van der Waals surface area contributed by atoms with E-state index in [0.29, 0.717) is 28.8 Å². The van der Waals surface area contributed by atoms with Gasteiger partial charge in [0, 0.05) is 34.8 Å². The number of carboxylic acid groups (broad SMARTS) is 1. The van der Waals surface area contributed by atoms with Gasteiger partial charge in [-0.05, 0) is 56.0 Å². The molecule has 0 aliphatic rings. The maximum atomic E-state index is 15.4. The van der Waals surface area contributed by atoms with Crippen LogP contribution in [0.4, 0.5) is 9.52 Å². The number of ether oxygens (including phenoxy) is 1. The van der Waals surface area contributed by atoms with Crippen LogP contribution in [-0.4, -0.2) is 35.2 Å². The monoisotopic (exact) mass is 592 g/mol. The molecule has 0 spiro atoms. The number of carbonyl (C=O) groups is 2. The van der Waals surface area contributed by atoms with Crippen LogP contribution in [0.5, 0.6) is 0 Å². The first-order valence-corrected chi connectivity index (χ1v) is 14.3. The summed E-state index contributed by atoms with van der Waals surface area (Å²) in [5, 5.41) is 14.0. The van der Waals surface area contributed by atoms with Crippen LogP contribution >= 0.6 is 34.5 Å². The molecule has 0 fully saturated rings. The van der Waals surface area contributed by atoms with Crippen molar-refractivity contribution in [2.75, 3.05) is 12.4 Å². The topological polar surface area (TPSA) is 88.5 Å². The fraction of sp³-hybridized carbons (Fsp3) is 0.345. The van der Waals surface area contributed by atoms with Crippen LogP contribution in [-0.2, 0) is 16.0 Å². The number of hydrogen-bond donors (Lipinski definition) is 2. The van der Waals surface area contributed by atoms with Crippen LogP contribution in [0.15, 0.2) is 41.3 Å². The molecule has 2 aromatic carbocycles. The molecule has 3 aromatic rings. The number of halogens is 3. The van der Waals surface area contributed by atoms with Crippen molar-refractivity contribution in [2.45, 2.75) is 58.5 Å². The molecule has 1 atom stereocenters. The fourth-order valence-electron chi connectivity index (χ4n) is 4.04. The van der Waals surface area contributed by atoms with Crippen molar-refractivity contribution in [1.82, 2.24) is 4.98 Å². The Hall–Kier alpha value is -2.78. The molecule has 0 saturated heterocycles. The predicted octanol–water partition coefficient (Wildman–Crippen LogP) is 8.52. The number of nitrogens with zero attached hydrogens (tertiary/aromatic N) is 1. The summed E-state index contributed by atoms with van der Waals surface area (Å²) in [4.78, 5) is 28.4. The van der Waals surface area contributed by atoms with Crippen LogP contribution in [0, 0.1) is 5.82 Å². The number of aryl methyl sites for hydroxylation is 1. The predicted molar refractivity (Wildman–Crippen MR) is 156 cm³/mol. The quantitative estimate of drug-likeness (QED) is 0.153. The standard InChI is InChI=1S/C29H31Cl2FN2O4S/c1-4-5-6-9-20(38-3)12-11-18-8-7-10-21(26(18)32)25-16-39-29(33-25)34-27(35)19-14-23(30)22(24(31)15-19)13-17(2)28(36)37/h7-8,10,13-16,20H,4-6,9,11-12H2,1-3H3,(H,36,37)(H,33,34,35). The highest BCUT2D eigenvalue weighted by atomic mass is 35.5. The average molecular weight is 594 g/mol. The van der Waals surface area contributed by atoms with E-state index in [0.717, 1.165) is 32.1 Å². The molecule has 1 heterocycles. The number of unbranched alkanes of at least 4 members (excludes halogenated alkanes) is 2. The number of anilines is 1. The van der Waals surface area contributed by atoms with Crippen LogP contribution in [0.2, 0.25) is 10.0 Å². The number of aromatic nitrogens is 1. The molecule has 1 aromatic heterocycles. The van der Waals surface area contributed by atoms with E-state index in [4.69, 9.17) is 33.0 Å². The van der Waals surface area contributed by atoms with E-state index < -0.39 is 11.9 Å². The van der Waals surface area contributed by atoms with Gasteiger partial charge >= 0.3 is 5.97 Å². The highest BCUT2D eigenvalue weighted by Gasteiger charge is 2.18. The maximum absolute atomic E-state index is 15.4. The number of thiazole rings is 1. The molecular formula is C29H31Cl2FN2O4S. The van der Waals surface area contributed by atoms with E-state index in [9.17, 15) is 9.59 Å². The Kier molecular flexibility index (Phi) is 11.5. The van der Waals surface area contributed by atoms with Gasteiger partial charge in [0.1, 0.15) is 5.82 Å².